The highest BCUT2D eigenvalue weighted by molar-refractivity contribution is 5.93. The van der Waals surface area contributed by atoms with E-state index >= 15 is 0 Å². The molecule has 9 nitrogen and oxygen atoms in total. The van der Waals surface area contributed by atoms with E-state index in [1.165, 1.54) is 50.1 Å². The van der Waals surface area contributed by atoms with Crippen molar-refractivity contribution < 1.29 is 27.4 Å². The fourth-order valence-corrected chi connectivity index (χ4v) is 2.17. The van der Waals surface area contributed by atoms with Gasteiger partial charge in [-0.05, 0) is 12.1 Å². The van der Waals surface area contributed by atoms with Gasteiger partial charge in [-0.15, -0.1) is 0 Å². The molecule has 1 N–H and O–H groups in total. The maximum Gasteiger partial charge on any atom is 0.388 e. The number of nitrogens with one attached hydrogen (secondary N) is 1. The van der Waals surface area contributed by atoms with Crippen LogP contribution >= 0.6 is 0 Å². The van der Waals surface area contributed by atoms with Crippen molar-refractivity contribution in [2.75, 3.05) is 7.11 Å². The Morgan fingerprint density at radius 1 is 1.20 bits per heavy atom. The fourth-order valence-electron chi connectivity index (χ4n) is 2.17. The van der Waals surface area contributed by atoms with Crippen LogP contribution in [0.25, 0.3) is 11.3 Å². The van der Waals surface area contributed by atoms with Crippen molar-refractivity contribution in [2.45, 2.75) is 6.61 Å². The molecule has 3 aromatic heterocycles. The molecule has 0 unspecified atom stereocenters. The summed E-state index contributed by atoms with van der Waals surface area (Å²) in [5.41, 5.74) is 2.81. The summed E-state index contributed by atoms with van der Waals surface area (Å²) < 4.78 is 47.1. The topological polar surface area (TPSA) is 111 Å². The van der Waals surface area contributed by atoms with E-state index < -0.39 is 18.5 Å². The lowest BCUT2D eigenvalue weighted by Gasteiger charge is -2.05. The number of hydrogen-bond donors (Lipinski definition) is 1. The van der Waals surface area contributed by atoms with Crippen LogP contribution in [-0.4, -0.2) is 45.8 Å². The summed E-state index contributed by atoms with van der Waals surface area (Å²) in [6, 6.07) is 4.02. The molecule has 154 valence electrons. The minimum Gasteiger partial charge on any atom is -0.495 e. The quantitative estimate of drug-likeness (QED) is 0.356. The number of nitrogens with zero attached hydrogens (tertiary/aromatic N) is 5. The zero-order valence-corrected chi connectivity index (χ0v) is 15.3. The lowest BCUT2D eigenvalue weighted by molar-refractivity contribution is -0.0528. The molecule has 0 aromatic carbocycles. The predicted molar refractivity (Wildman–Crippen MR) is 97.7 cm³/mol. The van der Waals surface area contributed by atoms with Crippen LogP contribution in [0, 0.1) is 5.95 Å². The van der Waals surface area contributed by atoms with Gasteiger partial charge >= 0.3 is 6.61 Å². The number of methoxy groups -OCH3 is 1. The van der Waals surface area contributed by atoms with Crippen LogP contribution in [0.3, 0.4) is 0 Å². The molecule has 3 heterocycles. The molecule has 0 aliphatic heterocycles. The maximum atomic E-state index is 13.6. The summed E-state index contributed by atoms with van der Waals surface area (Å²) in [7, 11) is 1.40. The third kappa shape index (κ3) is 5.25. The Hall–Kier alpha value is -4.09. The summed E-state index contributed by atoms with van der Waals surface area (Å²) in [6.45, 7) is -2.99. The average Bonchev–Trinajstić information content (AvgIpc) is 2.75. The van der Waals surface area contributed by atoms with Gasteiger partial charge in [0.2, 0.25) is 11.8 Å². The average molecular weight is 418 g/mol. The molecule has 0 saturated carbocycles. The summed E-state index contributed by atoms with van der Waals surface area (Å²) in [5, 5.41) is 3.67. The third-order valence-corrected chi connectivity index (χ3v) is 3.56. The first-order valence-corrected chi connectivity index (χ1v) is 8.22. The van der Waals surface area contributed by atoms with Gasteiger partial charge in [0.1, 0.15) is 11.4 Å². The Bertz CT molecular complexity index is 1060. The Kier molecular flexibility index (Phi) is 6.47. The number of halogens is 3. The van der Waals surface area contributed by atoms with Crippen molar-refractivity contribution in [1.29, 1.82) is 0 Å². The summed E-state index contributed by atoms with van der Waals surface area (Å²) >= 11 is 0. The van der Waals surface area contributed by atoms with Gasteiger partial charge in [-0.3, -0.25) is 9.78 Å². The lowest BCUT2D eigenvalue weighted by Crippen LogP contribution is -2.19. The molecule has 0 aliphatic carbocycles. The molecule has 3 aromatic rings. The van der Waals surface area contributed by atoms with Gasteiger partial charge in [0.25, 0.3) is 5.91 Å². The number of hydrogen-bond acceptors (Lipinski definition) is 8. The largest absolute Gasteiger partial charge is 0.495 e. The number of hydrazone groups is 1. The van der Waals surface area contributed by atoms with E-state index in [2.05, 4.69) is 35.2 Å². The van der Waals surface area contributed by atoms with E-state index in [1.54, 1.807) is 0 Å². The van der Waals surface area contributed by atoms with Crippen molar-refractivity contribution in [1.82, 2.24) is 25.4 Å². The van der Waals surface area contributed by atoms with E-state index in [0.717, 1.165) is 6.21 Å². The molecule has 1 amide bonds. The van der Waals surface area contributed by atoms with E-state index in [1.807, 2.05) is 0 Å². The number of rotatable bonds is 7. The number of aromatic nitrogens is 4. The van der Waals surface area contributed by atoms with Gasteiger partial charge in [0.15, 0.2) is 0 Å². The molecule has 3 rings (SSSR count). The molecule has 0 radical (unpaired) electrons. The molecule has 0 saturated heterocycles. The Labute approximate surface area is 167 Å². The predicted octanol–water partition coefficient (Wildman–Crippen LogP) is 2.45. The molecule has 0 aliphatic rings. The third-order valence-electron chi connectivity index (χ3n) is 3.56. The zero-order chi connectivity index (χ0) is 21.5. The first kappa shape index (κ1) is 20.6. The molecule has 30 heavy (non-hydrogen) atoms. The number of pyridine rings is 2. The van der Waals surface area contributed by atoms with Crippen molar-refractivity contribution in [2.24, 2.45) is 5.10 Å². The van der Waals surface area contributed by atoms with Gasteiger partial charge in [0, 0.05) is 17.8 Å². The number of carbonyl (C=O) groups is 1. The van der Waals surface area contributed by atoms with Crippen LogP contribution in [0.5, 0.6) is 11.6 Å². The minimum atomic E-state index is -2.99. The Balaban J connectivity index is 1.70. The Morgan fingerprint density at radius 3 is 2.73 bits per heavy atom. The van der Waals surface area contributed by atoms with Crippen LogP contribution in [0.1, 0.15) is 16.1 Å². The van der Waals surface area contributed by atoms with Crippen LogP contribution in [-0.2, 0) is 0 Å². The second-order valence-electron chi connectivity index (χ2n) is 5.51. The normalized spacial score (nSPS) is 11.0. The first-order chi connectivity index (χ1) is 14.5. The van der Waals surface area contributed by atoms with E-state index in [9.17, 15) is 18.0 Å². The lowest BCUT2D eigenvalue weighted by atomic mass is 10.2. The van der Waals surface area contributed by atoms with Gasteiger partial charge in [0.05, 0.1) is 43.2 Å². The van der Waals surface area contributed by atoms with Gasteiger partial charge < -0.3 is 9.47 Å². The molecule has 0 fully saturated rings. The molecule has 0 spiro atoms. The summed E-state index contributed by atoms with van der Waals surface area (Å²) in [4.78, 5) is 27.5. The first-order valence-electron chi connectivity index (χ1n) is 8.22. The van der Waals surface area contributed by atoms with Crippen molar-refractivity contribution in [3.63, 3.8) is 0 Å². The van der Waals surface area contributed by atoms with Crippen LogP contribution in [0.2, 0.25) is 0 Å². The minimum absolute atomic E-state index is 0.00617. The molecule has 0 atom stereocenters. The number of amides is 1. The highest BCUT2D eigenvalue weighted by Gasteiger charge is 2.11. The van der Waals surface area contributed by atoms with Crippen LogP contribution in [0.15, 0.2) is 48.1 Å². The number of alkyl halides is 2. The standard InChI is InChI=1S/C18H13F3N6O3/c1-29-12-4-11(16(19)24-7-12)6-25-27-17(28)14-9-22-8-13(26-14)10-2-3-15(23-5-10)30-18(20)21/h2-9,18H,1H3,(H,27,28)/b25-6+. The number of carbonyl (C=O) groups excluding carboxylic acids is 1. The van der Waals surface area contributed by atoms with E-state index in [-0.39, 0.29) is 22.8 Å². The van der Waals surface area contributed by atoms with E-state index in [4.69, 9.17) is 4.74 Å². The molecule has 0 bridgehead atoms. The van der Waals surface area contributed by atoms with Gasteiger partial charge in [-0.25, -0.2) is 20.4 Å². The SMILES string of the molecule is COc1cnc(F)c(/C=N/NC(=O)c2cncc(-c3ccc(OC(F)F)nc3)n2)c1. The second-order valence-corrected chi connectivity index (χ2v) is 5.51. The van der Waals surface area contributed by atoms with Crippen molar-refractivity contribution >= 4 is 12.1 Å². The number of ether oxygens (including phenoxy) is 2. The summed E-state index contributed by atoms with van der Waals surface area (Å²) in [6.07, 6.45) is 6.07. The second kappa shape index (κ2) is 9.41. The molecular formula is C18H13F3N6O3. The zero-order valence-electron chi connectivity index (χ0n) is 15.3. The highest BCUT2D eigenvalue weighted by atomic mass is 19.3. The van der Waals surface area contributed by atoms with Gasteiger partial charge in [-0.2, -0.15) is 18.3 Å². The summed E-state index contributed by atoms with van der Waals surface area (Å²) in [5.74, 6) is -1.43. The van der Waals surface area contributed by atoms with Crippen molar-refractivity contribution in [3.05, 3.63) is 60.2 Å². The highest BCUT2D eigenvalue weighted by Crippen LogP contribution is 2.19. The van der Waals surface area contributed by atoms with Crippen LogP contribution in [0.4, 0.5) is 13.2 Å². The smallest absolute Gasteiger partial charge is 0.388 e. The fraction of sp³-hybridized carbons (Fsp3) is 0.111. The maximum absolute atomic E-state index is 13.6. The molecular weight excluding hydrogens is 405 g/mol. The van der Waals surface area contributed by atoms with E-state index in [0.29, 0.717) is 11.3 Å². The van der Waals surface area contributed by atoms with Crippen molar-refractivity contribution in [3.8, 4) is 22.9 Å². The van der Waals surface area contributed by atoms with Gasteiger partial charge in [-0.1, -0.05) is 0 Å². The molecule has 12 heteroatoms. The monoisotopic (exact) mass is 418 g/mol. The van der Waals surface area contributed by atoms with Crippen LogP contribution < -0.4 is 14.9 Å². The Morgan fingerprint density at radius 2 is 2.03 bits per heavy atom.